The van der Waals surface area contributed by atoms with Crippen LogP contribution < -0.4 is 0 Å². The molecule has 0 N–H and O–H groups in total. The molecule has 0 aliphatic carbocycles. The smallest absolute Gasteiger partial charge is 0.136 e. The van der Waals surface area contributed by atoms with Crippen LogP contribution in [0, 0.1) is 0 Å². The van der Waals surface area contributed by atoms with Gasteiger partial charge in [0.25, 0.3) is 0 Å². The average Bonchev–Trinajstić information content (AvgIpc) is 2.51. The molecule has 2 unspecified atom stereocenters. The maximum Gasteiger partial charge on any atom is 0.136 e. The van der Waals surface area contributed by atoms with Crippen molar-refractivity contribution in [2.24, 2.45) is 0 Å². The Balaban J connectivity index is 1.65. The minimum Gasteiger partial charge on any atom is -0.379 e. The maximum atomic E-state index is 11.5. The SMILES string of the molecule is CN(C)CCOCCN1C2CCC1CC(=O)C2. The minimum atomic E-state index is 0.460. The van der Waals surface area contributed by atoms with Crippen molar-refractivity contribution in [3.8, 4) is 0 Å². The Kier molecular flexibility index (Phi) is 4.54. The Morgan fingerprint density at radius 3 is 2.47 bits per heavy atom. The second-order valence-corrected chi connectivity index (χ2v) is 5.49. The fraction of sp³-hybridized carbons (Fsp3) is 0.923. The van der Waals surface area contributed by atoms with Crippen LogP contribution >= 0.6 is 0 Å². The first-order valence-corrected chi connectivity index (χ1v) is 6.66. The van der Waals surface area contributed by atoms with Gasteiger partial charge in [0, 0.05) is 38.0 Å². The number of ether oxygens (including phenoxy) is 1. The number of carbonyl (C=O) groups is 1. The normalized spacial score (nSPS) is 29.2. The zero-order valence-corrected chi connectivity index (χ0v) is 11.0. The summed E-state index contributed by atoms with van der Waals surface area (Å²) >= 11 is 0. The van der Waals surface area contributed by atoms with Crippen LogP contribution in [-0.4, -0.2) is 68.1 Å². The molecule has 2 heterocycles. The predicted molar refractivity (Wildman–Crippen MR) is 67.1 cm³/mol. The van der Waals surface area contributed by atoms with Gasteiger partial charge in [0.05, 0.1) is 13.2 Å². The maximum absolute atomic E-state index is 11.5. The standard InChI is InChI=1S/C13H24N2O2/c1-14(2)5-7-17-8-6-15-11-3-4-12(15)10-13(16)9-11/h11-12H,3-10H2,1-2H3. The summed E-state index contributed by atoms with van der Waals surface area (Å²) in [4.78, 5) is 16.1. The van der Waals surface area contributed by atoms with Crippen LogP contribution in [0.2, 0.25) is 0 Å². The number of piperidine rings is 1. The van der Waals surface area contributed by atoms with Gasteiger partial charge in [0.15, 0.2) is 0 Å². The van der Waals surface area contributed by atoms with Crippen molar-refractivity contribution in [3.05, 3.63) is 0 Å². The number of Topliss-reactive ketones (excluding diaryl/α,β-unsaturated/α-hetero) is 1. The number of likely N-dealkylation sites (N-methyl/N-ethyl adjacent to an activating group) is 1. The highest BCUT2D eigenvalue weighted by Crippen LogP contribution is 2.33. The van der Waals surface area contributed by atoms with E-state index < -0.39 is 0 Å². The van der Waals surface area contributed by atoms with Gasteiger partial charge in [-0.2, -0.15) is 0 Å². The molecule has 2 bridgehead atoms. The number of carbonyl (C=O) groups excluding carboxylic acids is 1. The van der Waals surface area contributed by atoms with Gasteiger partial charge in [0.1, 0.15) is 5.78 Å². The van der Waals surface area contributed by atoms with E-state index in [1.54, 1.807) is 0 Å². The Morgan fingerprint density at radius 1 is 1.24 bits per heavy atom. The van der Waals surface area contributed by atoms with Crippen molar-refractivity contribution in [1.29, 1.82) is 0 Å². The summed E-state index contributed by atoms with van der Waals surface area (Å²) in [5.74, 6) is 0.460. The molecule has 2 fully saturated rings. The summed E-state index contributed by atoms with van der Waals surface area (Å²) in [6.07, 6.45) is 3.95. The van der Waals surface area contributed by atoms with Crippen LogP contribution in [0.1, 0.15) is 25.7 Å². The van der Waals surface area contributed by atoms with Crippen LogP contribution in [0.3, 0.4) is 0 Å². The fourth-order valence-electron chi connectivity index (χ4n) is 2.95. The van der Waals surface area contributed by atoms with Crippen molar-refractivity contribution in [1.82, 2.24) is 9.80 Å². The van der Waals surface area contributed by atoms with Gasteiger partial charge >= 0.3 is 0 Å². The molecular formula is C13H24N2O2. The first kappa shape index (κ1) is 13.0. The van der Waals surface area contributed by atoms with Crippen molar-refractivity contribution in [3.63, 3.8) is 0 Å². The molecule has 0 aromatic carbocycles. The Hall–Kier alpha value is -0.450. The summed E-state index contributed by atoms with van der Waals surface area (Å²) < 4.78 is 5.63. The van der Waals surface area contributed by atoms with Crippen LogP contribution in [0.5, 0.6) is 0 Å². The lowest BCUT2D eigenvalue weighted by Crippen LogP contribution is -2.44. The van der Waals surface area contributed by atoms with E-state index >= 15 is 0 Å². The van der Waals surface area contributed by atoms with Gasteiger partial charge in [-0.25, -0.2) is 0 Å². The summed E-state index contributed by atoms with van der Waals surface area (Å²) in [6.45, 7) is 3.57. The van der Waals surface area contributed by atoms with E-state index in [1.807, 2.05) is 0 Å². The predicted octanol–water partition coefficient (Wildman–Crippen LogP) is 0.760. The zero-order chi connectivity index (χ0) is 12.3. The van der Waals surface area contributed by atoms with Crippen LogP contribution in [0.4, 0.5) is 0 Å². The average molecular weight is 240 g/mol. The van der Waals surface area contributed by atoms with Crippen LogP contribution in [0.15, 0.2) is 0 Å². The fourth-order valence-corrected chi connectivity index (χ4v) is 2.95. The van der Waals surface area contributed by atoms with Crippen LogP contribution in [-0.2, 0) is 9.53 Å². The van der Waals surface area contributed by atoms with E-state index in [0.29, 0.717) is 17.9 Å². The summed E-state index contributed by atoms with van der Waals surface area (Å²) in [6, 6.07) is 1.03. The highest BCUT2D eigenvalue weighted by Gasteiger charge is 2.39. The van der Waals surface area contributed by atoms with Crippen molar-refractivity contribution in [2.45, 2.75) is 37.8 Å². The molecule has 98 valence electrons. The van der Waals surface area contributed by atoms with Crippen molar-refractivity contribution in [2.75, 3.05) is 40.4 Å². The van der Waals surface area contributed by atoms with Crippen molar-refractivity contribution >= 4 is 5.78 Å². The summed E-state index contributed by atoms with van der Waals surface area (Å²) in [7, 11) is 4.11. The van der Waals surface area contributed by atoms with E-state index in [0.717, 1.165) is 39.1 Å². The molecule has 0 saturated carbocycles. The Morgan fingerprint density at radius 2 is 1.88 bits per heavy atom. The quantitative estimate of drug-likeness (QED) is 0.642. The Bertz CT molecular complexity index is 252. The van der Waals surface area contributed by atoms with Crippen LogP contribution in [0.25, 0.3) is 0 Å². The van der Waals surface area contributed by atoms with Gasteiger partial charge in [-0.3, -0.25) is 9.69 Å². The molecule has 2 saturated heterocycles. The van der Waals surface area contributed by atoms with Gasteiger partial charge in [-0.1, -0.05) is 0 Å². The highest BCUT2D eigenvalue weighted by molar-refractivity contribution is 5.80. The van der Waals surface area contributed by atoms with Crippen molar-refractivity contribution < 1.29 is 9.53 Å². The number of fused-ring (bicyclic) bond motifs is 2. The van der Waals surface area contributed by atoms with E-state index in [-0.39, 0.29) is 0 Å². The monoisotopic (exact) mass is 240 g/mol. The van der Waals surface area contributed by atoms with Gasteiger partial charge in [-0.05, 0) is 26.9 Å². The molecule has 2 aliphatic heterocycles. The lowest BCUT2D eigenvalue weighted by Gasteiger charge is -2.33. The second-order valence-electron chi connectivity index (χ2n) is 5.49. The summed E-state index contributed by atoms with van der Waals surface area (Å²) in [5, 5.41) is 0. The highest BCUT2D eigenvalue weighted by atomic mass is 16.5. The number of rotatable bonds is 6. The largest absolute Gasteiger partial charge is 0.379 e. The molecule has 4 heteroatoms. The number of hydrogen-bond acceptors (Lipinski definition) is 4. The van der Waals surface area contributed by atoms with E-state index in [9.17, 15) is 4.79 Å². The molecule has 2 rings (SSSR count). The first-order chi connectivity index (χ1) is 8.16. The third-order valence-corrected chi connectivity index (χ3v) is 3.87. The second kappa shape index (κ2) is 5.94. The zero-order valence-electron chi connectivity index (χ0n) is 11.0. The molecule has 0 aromatic heterocycles. The van der Waals surface area contributed by atoms with Gasteiger partial charge in [-0.15, -0.1) is 0 Å². The topological polar surface area (TPSA) is 32.8 Å². The molecule has 0 amide bonds. The molecular weight excluding hydrogens is 216 g/mol. The van der Waals surface area contributed by atoms with Gasteiger partial charge in [0.2, 0.25) is 0 Å². The molecule has 17 heavy (non-hydrogen) atoms. The molecule has 0 radical (unpaired) electrons. The lowest BCUT2D eigenvalue weighted by atomic mass is 10.0. The number of nitrogens with zero attached hydrogens (tertiary/aromatic N) is 2. The number of hydrogen-bond donors (Lipinski definition) is 0. The Labute approximate surface area is 104 Å². The molecule has 4 nitrogen and oxygen atoms in total. The van der Waals surface area contributed by atoms with E-state index in [1.165, 1.54) is 12.8 Å². The molecule has 2 atom stereocenters. The first-order valence-electron chi connectivity index (χ1n) is 6.66. The third kappa shape index (κ3) is 3.50. The summed E-state index contributed by atoms with van der Waals surface area (Å²) in [5.41, 5.74) is 0. The number of ketones is 1. The minimum absolute atomic E-state index is 0.460. The molecule has 0 aromatic rings. The lowest BCUT2D eigenvalue weighted by molar-refractivity contribution is -0.123. The van der Waals surface area contributed by atoms with E-state index in [4.69, 9.17) is 4.74 Å². The van der Waals surface area contributed by atoms with Gasteiger partial charge < -0.3 is 9.64 Å². The molecule has 2 aliphatic rings. The molecule has 0 spiro atoms. The third-order valence-electron chi connectivity index (χ3n) is 3.87. The van der Waals surface area contributed by atoms with E-state index in [2.05, 4.69) is 23.9 Å².